The maximum atomic E-state index is 15.3. The molecule has 1 aliphatic rings. The molecule has 0 N–H and O–H groups in total. The largest absolute Gasteiger partial charge is 0.343 e. The van der Waals surface area contributed by atoms with Gasteiger partial charge in [-0.25, -0.2) is 4.39 Å². The number of nitrogens with zero attached hydrogens (tertiary/aromatic N) is 3. The molecular weight excluding hydrogens is 449 g/mol. The first-order valence-electron chi connectivity index (χ1n) is 12.9. The Kier molecular flexibility index (Phi) is 7.19. The van der Waals surface area contributed by atoms with Gasteiger partial charge in [-0.15, -0.1) is 0 Å². The van der Waals surface area contributed by atoms with E-state index in [0.717, 1.165) is 61.3 Å². The van der Waals surface area contributed by atoms with Crippen LogP contribution in [0.4, 0.5) is 4.39 Å². The Labute approximate surface area is 213 Å². The molecule has 186 valence electrons. The lowest BCUT2D eigenvalue weighted by Crippen LogP contribution is -2.48. The van der Waals surface area contributed by atoms with Crippen LogP contribution in [0.5, 0.6) is 0 Å². The Balaban J connectivity index is 1.55. The van der Waals surface area contributed by atoms with Gasteiger partial charge in [0.1, 0.15) is 5.82 Å². The summed E-state index contributed by atoms with van der Waals surface area (Å²) in [5.74, 6) is -0.519. The molecule has 4 nitrogen and oxygen atoms in total. The Hall–Kier alpha value is -3.44. The highest BCUT2D eigenvalue weighted by atomic mass is 19.1. The Bertz CT molecular complexity index is 1340. The van der Waals surface area contributed by atoms with Crippen LogP contribution < -0.4 is 0 Å². The van der Waals surface area contributed by atoms with Crippen LogP contribution in [0.15, 0.2) is 79.0 Å². The van der Waals surface area contributed by atoms with E-state index in [0.29, 0.717) is 5.56 Å². The number of rotatable bonds is 7. The van der Waals surface area contributed by atoms with Gasteiger partial charge >= 0.3 is 0 Å². The first kappa shape index (κ1) is 24.3. The predicted octanol–water partition coefficient (Wildman–Crippen LogP) is 5.82. The molecule has 4 aromatic rings. The number of benzene rings is 3. The van der Waals surface area contributed by atoms with Gasteiger partial charge in [-0.05, 0) is 42.3 Å². The molecule has 36 heavy (non-hydrogen) atoms. The standard InChI is InChI=1S/C31H34FN3O/c1-3-33-15-17-34(18-16-33)31(36)20-26(27-19-23(2)13-14-29(27)32)28-22-35(21-24-9-5-4-6-10-24)30-12-8-7-11-25(28)30/h4-14,19,22,26H,3,15-18,20-21H2,1-2H3/t26-/m1/s1. The van der Waals surface area contributed by atoms with Gasteiger partial charge < -0.3 is 14.4 Å². The number of fused-ring (bicyclic) bond motifs is 1. The van der Waals surface area contributed by atoms with Crippen molar-refractivity contribution in [3.8, 4) is 0 Å². The summed E-state index contributed by atoms with van der Waals surface area (Å²) in [5, 5.41) is 1.07. The number of halogens is 1. The van der Waals surface area contributed by atoms with Gasteiger partial charge in [-0.1, -0.05) is 73.2 Å². The number of piperazine rings is 1. The van der Waals surface area contributed by atoms with Crippen molar-refractivity contribution in [2.45, 2.75) is 32.7 Å². The third kappa shape index (κ3) is 5.07. The summed E-state index contributed by atoms with van der Waals surface area (Å²) in [4.78, 5) is 17.9. The maximum Gasteiger partial charge on any atom is 0.223 e. The molecule has 3 aromatic carbocycles. The summed E-state index contributed by atoms with van der Waals surface area (Å²) in [6.07, 6.45) is 2.39. The van der Waals surface area contributed by atoms with Crippen LogP contribution in [0.1, 0.15) is 41.5 Å². The summed E-state index contributed by atoms with van der Waals surface area (Å²) >= 11 is 0. The fourth-order valence-electron chi connectivity index (χ4n) is 5.40. The van der Waals surface area contributed by atoms with Crippen LogP contribution in [0.25, 0.3) is 10.9 Å². The van der Waals surface area contributed by atoms with Crippen molar-refractivity contribution in [3.05, 3.63) is 107 Å². The number of hydrogen-bond acceptors (Lipinski definition) is 2. The molecule has 0 aliphatic carbocycles. The van der Waals surface area contributed by atoms with E-state index in [-0.39, 0.29) is 24.1 Å². The summed E-state index contributed by atoms with van der Waals surface area (Å²) in [5.41, 5.74) is 4.89. The minimum atomic E-state index is -0.358. The molecule has 1 saturated heterocycles. The lowest BCUT2D eigenvalue weighted by atomic mass is 9.86. The van der Waals surface area contributed by atoms with E-state index in [1.165, 1.54) is 11.6 Å². The monoisotopic (exact) mass is 483 g/mol. The predicted molar refractivity (Wildman–Crippen MR) is 144 cm³/mol. The van der Waals surface area contributed by atoms with Crippen molar-refractivity contribution in [1.29, 1.82) is 0 Å². The highest BCUT2D eigenvalue weighted by Crippen LogP contribution is 2.37. The van der Waals surface area contributed by atoms with E-state index in [1.54, 1.807) is 6.07 Å². The zero-order valence-corrected chi connectivity index (χ0v) is 21.2. The van der Waals surface area contributed by atoms with E-state index in [2.05, 4.69) is 46.9 Å². The van der Waals surface area contributed by atoms with Gasteiger partial charge in [0.2, 0.25) is 5.91 Å². The van der Waals surface area contributed by atoms with Crippen LogP contribution in [-0.2, 0) is 11.3 Å². The van der Waals surface area contributed by atoms with Crippen LogP contribution in [-0.4, -0.2) is 53.0 Å². The van der Waals surface area contributed by atoms with Gasteiger partial charge in [0, 0.05) is 62.2 Å². The van der Waals surface area contributed by atoms with Gasteiger partial charge in [-0.3, -0.25) is 4.79 Å². The van der Waals surface area contributed by atoms with E-state index < -0.39 is 0 Å². The van der Waals surface area contributed by atoms with Gasteiger partial charge in [-0.2, -0.15) is 0 Å². The number of aryl methyl sites for hydroxylation is 1. The Morgan fingerprint density at radius 3 is 2.39 bits per heavy atom. The average molecular weight is 484 g/mol. The second-order valence-electron chi connectivity index (χ2n) is 9.81. The first-order valence-corrected chi connectivity index (χ1v) is 12.9. The lowest BCUT2D eigenvalue weighted by molar-refractivity contribution is -0.133. The quantitative estimate of drug-likeness (QED) is 0.331. The average Bonchev–Trinajstić information content (AvgIpc) is 3.27. The molecule has 1 amide bonds. The van der Waals surface area contributed by atoms with E-state index in [1.807, 2.05) is 48.2 Å². The number of carbonyl (C=O) groups is 1. The molecule has 5 rings (SSSR count). The minimum absolute atomic E-state index is 0.0940. The number of likely N-dealkylation sites (N-methyl/N-ethyl adjacent to an activating group) is 1. The fraction of sp³-hybridized carbons (Fsp3) is 0.323. The van der Waals surface area contributed by atoms with Crippen molar-refractivity contribution >= 4 is 16.8 Å². The van der Waals surface area contributed by atoms with Crippen molar-refractivity contribution in [2.75, 3.05) is 32.7 Å². The molecule has 1 fully saturated rings. The van der Waals surface area contributed by atoms with E-state index >= 15 is 4.39 Å². The van der Waals surface area contributed by atoms with Crippen LogP contribution in [0.2, 0.25) is 0 Å². The zero-order chi connectivity index (χ0) is 25.1. The highest BCUT2D eigenvalue weighted by Gasteiger charge is 2.28. The molecule has 0 spiro atoms. The van der Waals surface area contributed by atoms with E-state index in [4.69, 9.17) is 0 Å². The topological polar surface area (TPSA) is 28.5 Å². The Morgan fingerprint density at radius 2 is 1.64 bits per heavy atom. The van der Waals surface area contributed by atoms with Gasteiger partial charge in [0.15, 0.2) is 0 Å². The van der Waals surface area contributed by atoms with Crippen LogP contribution in [0, 0.1) is 12.7 Å². The van der Waals surface area contributed by atoms with E-state index in [9.17, 15) is 4.79 Å². The number of carbonyl (C=O) groups excluding carboxylic acids is 1. The third-order valence-corrected chi connectivity index (χ3v) is 7.47. The summed E-state index contributed by atoms with van der Waals surface area (Å²) in [6, 6.07) is 23.8. The van der Waals surface area contributed by atoms with Crippen molar-refractivity contribution in [3.63, 3.8) is 0 Å². The number of hydrogen-bond donors (Lipinski definition) is 0. The van der Waals surface area contributed by atoms with Crippen molar-refractivity contribution in [2.24, 2.45) is 0 Å². The lowest BCUT2D eigenvalue weighted by Gasteiger charge is -2.35. The molecular formula is C31H34FN3O. The molecule has 2 heterocycles. The highest BCUT2D eigenvalue weighted by molar-refractivity contribution is 5.87. The normalized spacial score (nSPS) is 15.4. The van der Waals surface area contributed by atoms with Crippen molar-refractivity contribution in [1.82, 2.24) is 14.4 Å². The zero-order valence-electron chi connectivity index (χ0n) is 21.2. The molecule has 1 aliphatic heterocycles. The fourth-order valence-corrected chi connectivity index (χ4v) is 5.40. The SMILES string of the molecule is CCN1CCN(C(=O)C[C@H](c2cc(C)ccc2F)c2cn(Cc3ccccc3)c3ccccc23)CC1. The number of para-hydroxylation sites is 1. The number of amides is 1. The maximum absolute atomic E-state index is 15.3. The van der Waals surface area contributed by atoms with Crippen LogP contribution >= 0.6 is 0 Å². The summed E-state index contributed by atoms with van der Waals surface area (Å²) in [6.45, 7) is 9.09. The second kappa shape index (κ2) is 10.7. The van der Waals surface area contributed by atoms with Gasteiger partial charge in [0.05, 0.1) is 0 Å². The molecule has 0 saturated carbocycles. The van der Waals surface area contributed by atoms with Crippen LogP contribution in [0.3, 0.4) is 0 Å². The Morgan fingerprint density at radius 1 is 0.917 bits per heavy atom. The minimum Gasteiger partial charge on any atom is -0.343 e. The molecule has 0 radical (unpaired) electrons. The molecule has 1 atom stereocenters. The van der Waals surface area contributed by atoms with Crippen molar-refractivity contribution < 1.29 is 9.18 Å². The smallest absolute Gasteiger partial charge is 0.223 e. The molecule has 1 aromatic heterocycles. The first-order chi connectivity index (χ1) is 17.5. The molecule has 0 unspecified atom stereocenters. The second-order valence-corrected chi connectivity index (χ2v) is 9.81. The molecule has 5 heteroatoms. The summed E-state index contributed by atoms with van der Waals surface area (Å²) < 4.78 is 17.5. The summed E-state index contributed by atoms with van der Waals surface area (Å²) in [7, 11) is 0. The number of aromatic nitrogens is 1. The molecule has 0 bridgehead atoms. The van der Waals surface area contributed by atoms with Gasteiger partial charge in [0.25, 0.3) is 0 Å². The third-order valence-electron chi connectivity index (χ3n) is 7.47.